The Morgan fingerprint density at radius 2 is 1.40 bits per heavy atom. The molecule has 0 atom stereocenters. The van der Waals surface area contributed by atoms with E-state index in [-0.39, 0.29) is 11.7 Å². The van der Waals surface area contributed by atoms with Crippen LogP contribution in [0.15, 0.2) is 18.2 Å². The molecular formula is C11H20N2O2. The van der Waals surface area contributed by atoms with Gasteiger partial charge in [-0.2, -0.15) is 0 Å². The van der Waals surface area contributed by atoms with Crippen molar-refractivity contribution in [1.29, 1.82) is 0 Å². The largest absolute Gasteiger partial charge is 0.497 e. The number of hydrogen-bond donors (Lipinski definition) is 2. The van der Waals surface area contributed by atoms with Crippen molar-refractivity contribution in [2.24, 2.45) is 5.73 Å². The molecule has 0 heterocycles. The Hall–Kier alpha value is -1.26. The van der Waals surface area contributed by atoms with Crippen LogP contribution < -0.4 is 21.4 Å². The molecule has 0 fully saturated rings. The predicted molar refractivity (Wildman–Crippen MR) is 61.8 cm³/mol. The fraction of sp³-hybridized carbons (Fsp3) is 0.455. The van der Waals surface area contributed by atoms with Crippen molar-refractivity contribution in [2.45, 2.75) is 19.4 Å². The summed E-state index contributed by atoms with van der Waals surface area (Å²) in [5.74, 6) is 1.52. The molecule has 0 aliphatic carbocycles. The first-order valence-corrected chi connectivity index (χ1v) is 4.50. The normalized spacial score (nSPS) is 10.5. The first-order valence-electron chi connectivity index (χ1n) is 4.50. The molecule has 1 aromatic rings. The molecule has 15 heavy (non-hydrogen) atoms. The van der Waals surface area contributed by atoms with Crippen LogP contribution in [0.5, 0.6) is 11.5 Å². The molecule has 86 valence electrons. The van der Waals surface area contributed by atoms with Gasteiger partial charge in [-0.15, -0.1) is 0 Å². The standard InChI is InChI=1S/C11H17NO2.H3N/c1-11(2,12)8-5-9(13-3)7-10(6-8)14-4;/h5-7H,12H2,1-4H3;1H3. The molecule has 0 aromatic heterocycles. The van der Waals surface area contributed by atoms with Gasteiger partial charge in [0, 0.05) is 11.6 Å². The Labute approximate surface area is 91.0 Å². The predicted octanol–water partition coefficient (Wildman–Crippen LogP) is 2.06. The molecule has 1 aromatic carbocycles. The van der Waals surface area contributed by atoms with Gasteiger partial charge in [0.05, 0.1) is 14.2 Å². The summed E-state index contributed by atoms with van der Waals surface area (Å²) in [5, 5.41) is 0. The summed E-state index contributed by atoms with van der Waals surface area (Å²) in [6.45, 7) is 3.89. The number of nitrogens with two attached hydrogens (primary N) is 1. The molecule has 0 aliphatic rings. The molecule has 0 spiro atoms. The van der Waals surface area contributed by atoms with Crippen molar-refractivity contribution < 1.29 is 9.47 Å². The van der Waals surface area contributed by atoms with Gasteiger partial charge >= 0.3 is 0 Å². The third-order valence-electron chi connectivity index (χ3n) is 2.10. The minimum atomic E-state index is -0.387. The molecular weight excluding hydrogens is 192 g/mol. The third kappa shape index (κ3) is 3.42. The van der Waals surface area contributed by atoms with Crippen molar-refractivity contribution in [2.75, 3.05) is 14.2 Å². The van der Waals surface area contributed by atoms with Crippen LogP contribution in [-0.2, 0) is 5.54 Å². The van der Waals surface area contributed by atoms with Crippen molar-refractivity contribution in [3.05, 3.63) is 23.8 Å². The highest BCUT2D eigenvalue weighted by Gasteiger charge is 2.16. The van der Waals surface area contributed by atoms with Gasteiger partial charge in [0.2, 0.25) is 0 Å². The molecule has 1 rings (SSSR count). The number of ether oxygens (including phenoxy) is 2. The summed E-state index contributed by atoms with van der Waals surface area (Å²) in [6, 6.07) is 5.67. The molecule has 0 bridgehead atoms. The summed E-state index contributed by atoms with van der Waals surface area (Å²) in [7, 11) is 3.25. The zero-order valence-corrected chi connectivity index (χ0v) is 9.83. The van der Waals surface area contributed by atoms with Crippen molar-refractivity contribution in [1.82, 2.24) is 6.15 Å². The van der Waals surface area contributed by atoms with Crippen molar-refractivity contribution >= 4 is 0 Å². The van der Waals surface area contributed by atoms with Crippen LogP contribution in [0.1, 0.15) is 19.4 Å². The fourth-order valence-corrected chi connectivity index (χ4v) is 1.18. The van der Waals surface area contributed by atoms with Crippen LogP contribution in [-0.4, -0.2) is 14.2 Å². The summed E-state index contributed by atoms with van der Waals surface area (Å²) in [4.78, 5) is 0. The van der Waals surface area contributed by atoms with Gasteiger partial charge in [-0.3, -0.25) is 0 Å². The van der Waals surface area contributed by atoms with Gasteiger partial charge in [0.25, 0.3) is 0 Å². The van der Waals surface area contributed by atoms with Crippen LogP contribution in [0.3, 0.4) is 0 Å². The highest BCUT2D eigenvalue weighted by Crippen LogP contribution is 2.27. The van der Waals surface area contributed by atoms with E-state index in [2.05, 4.69) is 0 Å². The highest BCUT2D eigenvalue weighted by molar-refractivity contribution is 5.40. The molecule has 4 heteroatoms. The van der Waals surface area contributed by atoms with Crippen LogP contribution in [0.25, 0.3) is 0 Å². The molecule has 5 N–H and O–H groups in total. The lowest BCUT2D eigenvalue weighted by Crippen LogP contribution is -2.28. The van der Waals surface area contributed by atoms with E-state index in [1.54, 1.807) is 14.2 Å². The quantitative estimate of drug-likeness (QED) is 0.803. The summed E-state index contributed by atoms with van der Waals surface area (Å²) >= 11 is 0. The minimum Gasteiger partial charge on any atom is -0.497 e. The van der Waals surface area contributed by atoms with E-state index in [9.17, 15) is 0 Å². The SMILES string of the molecule is COc1cc(OC)cc(C(C)(C)N)c1.N. The maximum absolute atomic E-state index is 5.99. The zero-order chi connectivity index (χ0) is 10.8. The molecule has 0 aliphatic heterocycles. The fourth-order valence-electron chi connectivity index (χ4n) is 1.18. The maximum atomic E-state index is 5.99. The van der Waals surface area contributed by atoms with E-state index >= 15 is 0 Å². The van der Waals surface area contributed by atoms with Crippen LogP contribution in [0, 0.1) is 0 Å². The van der Waals surface area contributed by atoms with Gasteiger partial charge in [0.1, 0.15) is 11.5 Å². The molecule has 0 saturated heterocycles. The number of rotatable bonds is 3. The minimum absolute atomic E-state index is 0. The first-order chi connectivity index (χ1) is 6.47. The van der Waals surface area contributed by atoms with Crippen LogP contribution in [0.2, 0.25) is 0 Å². The van der Waals surface area contributed by atoms with Gasteiger partial charge in [0.15, 0.2) is 0 Å². The monoisotopic (exact) mass is 212 g/mol. The molecule has 4 nitrogen and oxygen atoms in total. The van der Waals surface area contributed by atoms with Crippen LogP contribution >= 0.6 is 0 Å². The van der Waals surface area contributed by atoms with E-state index in [0.29, 0.717) is 0 Å². The maximum Gasteiger partial charge on any atom is 0.122 e. The van der Waals surface area contributed by atoms with Gasteiger partial charge in [-0.1, -0.05) is 0 Å². The second-order valence-corrected chi connectivity index (χ2v) is 3.82. The lowest BCUT2D eigenvalue weighted by molar-refractivity contribution is 0.390. The van der Waals surface area contributed by atoms with Gasteiger partial charge < -0.3 is 21.4 Å². The van der Waals surface area contributed by atoms with E-state index in [4.69, 9.17) is 15.2 Å². The summed E-state index contributed by atoms with van der Waals surface area (Å²) in [5.41, 5.74) is 6.60. The Kier molecular flexibility index (Phi) is 4.58. The zero-order valence-electron chi connectivity index (χ0n) is 9.83. The van der Waals surface area contributed by atoms with E-state index in [0.717, 1.165) is 17.1 Å². The number of benzene rings is 1. The second-order valence-electron chi connectivity index (χ2n) is 3.82. The second kappa shape index (κ2) is 5.00. The summed E-state index contributed by atoms with van der Waals surface area (Å²) < 4.78 is 10.3. The lowest BCUT2D eigenvalue weighted by atomic mass is 9.95. The molecule has 0 amide bonds. The van der Waals surface area contributed by atoms with Gasteiger partial charge in [-0.25, -0.2) is 0 Å². The van der Waals surface area contributed by atoms with Gasteiger partial charge in [-0.05, 0) is 31.5 Å². The Morgan fingerprint density at radius 3 is 1.67 bits per heavy atom. The van der Waals surface area contributed by atoms with E-state index < -0.39 is 0 Å². The Bertz CT molecular complexity index is 297. The van der Waals surface area contributed by atoms with E-state index in [1.807, 2.05) is 32.0 Å². The average molecular weight is 212 g/mol. The average Bonchev–Trinajstić information content (AvgIpc) is 2.15. The lowest BCUT2D eigenvalue weighted by Gasteiger charge is -2.20. The molecule has 0 unspecified atom stereocenters. The smallest absolute Gasteiger partial charge is 0.122 e. The first kappa shape index (κ1) is 13.7. The van der Waals surface area contributed by atoms with Crippen molar-refractivity contribution in [3.8, 4) is 11.5 Å². The molecule has 0 saturated carbocycles. The highest BCUT2D eigenvalue weighted by atomic mass is 16.5. The Balaban J connectivity index is 0.00000196. The Morgan fingerprint density at radius 1 is 1.00 bits per heavy atom. The number of methoxy groups -OCH3 is 2. The third-order valence-corrected chi connectivity index (χ3v) is 2.10. The topological polar surface area (TPSA) is 79.5 Å². The van der Waals surface area contributed by atoms with Crippen molar-refractivity contribution in [3.63, 3.8) is 0 Å². The van der Waals surface area contributed by atoms with E-state index in [1.165, 1.54) is 0 Å². The number of hydrogen-bond acceptors (Lipinski definition) is 4. The molecule has 0 radical (unpaired) electrons. The summed E-state index contributed by atoms with van der Waals surface area (Å²) in [6.07, 6.45) is 0. The van der Waals surface area contributed by atoms with Crippen LogP contribution in [0.4, 0.5) is 0 Å².